The second kappa shape index (κ2) is 13.8. The fourth-order valence-corrected chi connectivity index (χ4v) is 7.24. The Labute approximate surface area is 275 Å². The molecular weight excluding hydrogens is 605 g/mol. The molecule has 6 rings (SSSR count). The number of likely N-dealkylation sites (N-methyl/N-ethyl adjacent to an activating group) is 1. The summed E-state index contributed by atoms with van der Waals surface area (Å²) >= 11 is 6.70. The van der Waals surface area contributed by atoms with Crippen molar-refractivity contribution in [2.45, 2.75) is 51.2 Å². The maximum absolute atomic E-state index is 13.9. The molecule has 1 amide bonds. The average molecular weight is 646 g/mol. The predicted octanol–water partition coefficient (Wildman–Crippen LogP) is 5.76. The van der Waals surface area contributed by atoms with Crippen LogP contribution in [0.15, 0.2) is 48.8 Å². The van der Waals surface area contributed by atoms with Crippen molar-refractivity contribution in [1.82, 2.24) is 19.8 Å². The maximum Gasteiger partial charge on any atom is 0.318 e. The molecule has 1 aliphatic carbocycles. The van der Waals surface area contributed by atoms with Gasteiger partial charge in [-0.15, -0.1) is 0 Å². The molecule has 0 spiro atoms. The molecule has 0 bridgehead atoms. The molecule has 3 heterocycles. The molecule has 46 heavy (non-hydrogen) atoms. The Kier molecular flexibility index (Phi) is 9.62. The largest absolute Gasteiger partial charge is 0.462 e. The normalized spacial score (nSPS) is 19.0. The van der Waals surface area contributed by atoms with Gasteiger partial charge >= 0.3 is 6.01 Å². The van der Waals surface area contributed by atoms with Gasteiger partial charge < -0.3 is 29.2 Å². The van der Waals surface area contributed by atoms with Gasteiger partial charge in [-0.2, -0.15) is 9.97 Å². The van der Waals surface area contributed by atoms with Crippen LogP contribution in [0.4, 0.5) is 15.9 Å². The summed E-state index contributed by atoms with van der Waals surface area (Å²) in [6.45, 7) is 16.6. The molecule has 1 aromatic heterocycles. The van der Waals surface area contributed by atoms with E-state index in [1.807, 2.05) is 12.1 Å². The zero-order chi connectivity index (χ0) is 32.4. The highest BCUT2D eigenvalue weighted by Crippen LogP contribution is 2.37. The zero-order valence-corrected chi connectivity index (χ0v) is 27.3. The summed E-state index contributed by atoms with van der Waals surface area (Å²) < 4.78 is 20.1. The predicted molar refractivity (Wildman–Crippen MR) is 180 cm³/mol. The van der Waals surface area contributed by atoms with E-state index in [1.165, 1.54) is 24.2 Å². The summed E-state index contributed by atoms with van der Waals surface area (Å²) in [6, 6.07) is 12.5. The van der Waals surface area contributed by atoms with E-state index in [2.05, 4.69) is 64.4 Å². The van der Waals surface area contributed by atoms with Crippen LogP contribution < -0.4 is 14.5 Å². The van der Waals surface area contributed by atoms with Crippen molar-refractivity contribution in [2.24, 2.45) is 5.92 Å². The van der Waals surface area contributed by atoms with Crippen molar-refractivity contribution in [1.29, 1.82) is 0 Å². The second-order valence-electron chi connectivity index (χ2n) is 12.6. The monoisotopic (exact) mass is 645 g/mol. The highest BCUT2D eigenvalue weighted by atomic mass is 35.5. The van der Waals surface area contributed by atoms with Crippen molar-refractivity contribution >= 4 is 39.8 Å². The first kappa shape index (κ1) is 32.0. The highest BCUT2D eigenvalue weighted by Gasteiger charge is 2.36. The lowest BCUT2D eigenvalue weighted by Crippen LogP contribution is -2.57. The molecule has 2 fully saturated rings. The molecule has 0 N–H and O–H groups in total. The van der Waals surface area contributed by atoms with Crippen molar-refractivity contribution in [3.05, 3.63) is 76.5 Å². The summed E-state index contributed by atoms with van der Waals surface area (Å²) in [5, 5.41) is 2.81. The number of benzene rings is 2. The van der Waals surface area contributed by atoms with Crippen molar-refractivity contribution in [3.63, 3.8) is 0 Å². The van der Waals surface area contributed by atoms with Crippen LogP contribution in [0.2, 0.25) is 5.02 Å². The highest BCUT2D eigenvalue weighted by molar-refractivity contribution is 6.36. The van der Waals surface area contributed by atoms with Crippen LogP contribution in [0.25, 0.3) is 15.6 Å². The Hall–Kier alpha value is -3.94. The number of ether oxygens (including phenoxy) is 1. The molecule has 2 aliphatic heterocycles. The maximum atomic E-state index is 13.9. The molecule has 0 unspecified atom stereocenters. The molecule has 2 atom stereocenters. The van der Waals surface area contributed by atoms with E-state index in [0.29, 0.717) is 49.7 Å². The van der Waals surface area contributed by atoms with Crippen LogP contribution in [-0.2, 0) is 17.8 Å². The Morgan fingerprint density at radius 1 is 1.20 bits per heavy atom. The lowest BCUT2D eigenvalue weighted by molar-refractivity contribution is -0.131. The van der Waals surface area contributed by atoms with Crippen LogP contribution in [-0.4, -0.2) is 90.7 Å². The number of amides is 1. The molecule has 0 radical (unpaired) electrons. The standard InChI is InChI=1S/C35H41ClFN7O2/c1-23(37)34(45)44-17-16-43(21-27(44)20-38-3)33-28-14-15-42(31-13-7-11-26-10-6-12-29(36)32(26)31)22-30(28)39-35(40-33)46-19-18-41(4)24(2)25-8-5-9-25/h6-7,10-13,24-25,27H,1,5,8-9,14-22H2,2,4H3/t24-,27+/m1/s1. The number of aromatic nitrogens is 2. The number of rotatable bonds is 10. The van der Waals surface area contributed by atoms with E-state index >= 15 is 0 Å². The van der Waals surface area contributed by atoms with E-state index in [0.717, 1.165) is 52.5 Å². The van der Waals surface area contributed by atoms with E-state index in [-0.39, 0.29) is 13.1 Å². The third kappa shape index (κ3) is 6.49. The summed E-state index contributed by atoms with van der Waals surface area (Å²) in [6.07, 6.45) is 4.58. The molecular formula is C35H41ClFN7O2. The van der Waals surface area contributed by atoms with Crippen LogP contribution in [0.3, 0.4) is 0 Å². The molecule has 242 valence electrons. The third-order valence-electron chi connectivity index (χ3n) is 9.97. The molecule has 2 aromatic carbocycles. The van der Waals surface area contributed by atoms with Crippen molar-refractivity contribution in [3.8, 4) is 6.01 Å². The van der Waals surface area contributed by atoms with Gasteiger partial charge in [0.2, 0.25) is 6.54 Å². The molecule has 3 aromatic rings. The number of hydrogen-bond donors (Lipinski definition) is 0. The SMILES string of the molecule is [C-]#[N+]C[C@H]1CN(c2nc(OCCN(C)[C@H](C)C3CCC3)nc3c2CCN(c2cccc4cccc(Cl)c24)C3)CCN1C(=O)C(=C)F. The quantitative estimate of drug-likeness (QED) is 0.205. The minimum absolute atomic E-state index is 0.0628. The van der Waals surface area contributed by atoms with Crippen LogP contribution >= 0.6 is 11.6 Å². The Morgan fingerprint density at radius 3 is 2.70 bits per heavy atom. The van der Waals surface area contributed by atoms with E-state index in [9.17, 15) is 9.18 Å². The lowest BCUT2D eigenvalue weighted by atomic mass is 9.80. The van der Waals surface area contributed by atoms with Crippen LogP contribution in [0.1, 0.15) is 37.4 Å². The van der Waals surface area contributed by atoms with E-state index < -0.39 is 17.8 Å². The van der Waals surface area contributed by atoms with Gasteiger partial charge in [0.05, 0.1) is 17.3 Å². The van der Waals surface area contributed by atoms with Gasteiger partial charge in [0.1, 0.15) is 18.5 Å². The van der Waals surface area contributed by atoms with Gasteiger partial charge in [-0.1, -0.05) is 48.9 Å². The number of fused-ring (bicyclic) bond motifs is 2. The van der Waals surface area contributed by atoms with Crippen molar-refractivity contribution in [2.75, 3.05) is 62.7 Å². The second-order valence-corrected chi connectivity index (χ2v) is 13.1. The first-order valence-electron chi connectivity index (χ1n) is 16.1. The zero-order valence-electron chi connectivity index (χ0n) is 26.6. The van der Waals surface area contributed by atoms with Crippen molar-refractivity contribution < 1.29 is 13.9 Å². The van der Waals surface area contributed by atoms with Gasteiger partial charge in [0, 0.05) is 55.4 Å². The minimum atomic E-state index is -1.01. The Bertz CT molecular complexity index is 1650. The number of carbonyl (C=O) groups excluding carboxylic acids is 1. The number of hydrogen-bond acceptors (Lipinski definition) is 7. The van der Waals surface area contributed by atoms with Crippen LogP contribution in [0, 0.1) is 12.5 Å². The topological polar surface area (TPSA) is 69.4 Å². The summed E-state index contributed by atoms with van der Waals surface area (Å²) in [7, 11) is 2.14. The molecule has 9 nitrogen and oxygen atoms in total. The Morgan fingerprint density at radius 2 is 1.98 bits per heavy atom. The van der Waals surface area contributed by atoms with Gasteiger partial charge in [-0.3, -0.25) is 4.79 Å². The third-order valence-corrected chi connectivity index (χ3v) is 10.3. The van der Waals surface area contributed by atoms with Gasteiger partial charge in [0.15, 0.2) is 5.83 Å². The molecule has 1 saturated heterocycles. The summed E-state index contributed by atoms with van der Waals surface area (Å²) in [4.78, 5) is 34.2. The first-order valence-corrected chi connectivity index (χ1v) is 16.5. The summed E-state index contributed by atoms with van der Waals surface area (Å²) in [5.41, 5.74) is 2.96. The van der Waals surface area contributed by atoms with Gasteiger partial charge in [-0.25, -0.2) is 11.0 Å². The van der Waals surface area contributed by atoms with Crippen LogP contribution in [0.5, 0.6) is 6.01 Å². The number of carbonyl (C=O) groups is 1. The first-order chi connectivity index (χ1) is 22.2. The number of anilines is 2. The van der Waals surface area contributed by atoms with E-state index in [4.69, 9.17) is 32.9 Å². The average Bonchev–Trinajstić information content (AvgIpc) is 3.03. The molecule has 1 saturated carbocycles. The molecule has 11 heteroatoms. The molecule has 3 aliphatic rings. The van der Waals surface area contributed by atoms with Gasteiger partial charge in [-0.05, 0) is 56.7 Å². The fourth-order valence-electron chi connectivity index (χ4n) is 6.96. The fraction of sp³-hybridized carbons (Fsp3) is 0.486. The summed E-state index contributed by atoms with van der Waals surface area (Å²) in [5.74, 6) is -0.267. The lowest BCUT2D eigenvalue weighted by Gasteiger charge is -2.41. The smallest absolute Gasteiger partial charge is 0.318 e. The van der Waals surface area contributed by atoms with E-state index in [1.54, 1.807) is 0 Å². The minimum Gasteiger partial charge on any atom is -0.462 e. The Balaban J connectivity index is 1.29. The number of piperazine rings is 1. The van der Waals surface area contributed by atoms with Gasteiger partial charge in [0.25, 0.3) is 5.91 Å². The number of nitrogens with zero attached hydrogens (tertiary/aromatic N) is 7. The number of halogens is 2.